The van der Waals surface area contributed by atoms with E-state index >= 15 is 0 Å². The number of nitrogens with zero attached hydrogens (tertiary/aromatic N) is 3. The van der Waals surface area contributed by atoms with Gasteiger partial charge in [0.1, 0.15) is 6.10 Å². The van der Waals surface area contributed by atoms with Gasteiger partial charge in [-0.15, -0.1) is 5.10 Å². The largest absolute Gasteiger partial charge is 0.385 e. The highest BCUT2D eigenvalue weighted by Crippen LogP contribution is 2.38. The quantitative estimate of drug-likeness (QED) is 0.864. The summed E-state index contributed by atoms with van der Waals surface area (Å²) in [4.78, 5) is 16.3. The van der Waals surface area contributed by atoms with Crippen LogP contribution in [-0.4, -0.2) is 25.7 Å². The van der Waals surface area contributed by atoms with Gasteiger partial charge in [-0.05, 0) is 18.4 Å². The zero-order valence-electron chi connectivity index (χ0n) is 10.9. The Bertz CT molecular complexity index is 661. The van der Waals surface area contributed by atoms with Crippen molar-refractivity contribution in [3.8, 4) is 0 Å². The second-order valence-corrected chi connectivity index (χ2v) is 5.55. The fourth-order valence-electron chi connectivity index (χ4n) is 2.79. The van der Waals surface area contributed by atoms with E-state index in [4.69, 9.17) is 0 Å². The number of aromatic nitrogens is 3. The second kappa shape index (κ2) is 4.24. The lowest BCUT2D eigenvalue weighted by atomic mass is 10.0. The molecule has 1 aliphatic carbocycles. The monoisotopic (exact) mass is 269 g/mol. The minimum absolute atomic E-state index is 0.0194. The van der Waals surface area contributed by atoms with Gasteiger partial charge >= 0.3 is 0 Å². The topological polar surface area (TPSA) is 68.0 Å². The highest BCUT2D eigenvalue weighted by molar-refractivity contribution is 5.95. The molecule has 102 valence electrons. The summed E-state index contributed by atoms with van der Waals surface area (Å²) in [6, 6.07) is 9.88. The Morgan fingerprint density at radius 3 is 2.70 bits per heavy atom. The lowest BCUT2D eigenvalue weighted by molar-refractivity contribution is 0.0956. The Hall–Kier alpha value is -2.01. The molecule has 2 aromatic rings. The zero-order valence-corrected chi connectivity index (χ0v) is 10.9. The van der Waals surface area contributed by atoms with E-state index in [1.165, 1.54) is 0 Å². The standard InChI is InChI=1S/C15H15N3O2/c19-12-8-11(9-4-2-1-3-5-9)18-15(12)16-14(17-18)13(20)10-6-7-10/h1-5,10-12,19H,6-8H2/t11?,12-/m0/s1. The molecule has 2 atom stereocenters. The number of aliphatic hydroxyl groups excluding tert-OH is 1. The molecule has 5 heteroatoms. The number of ketones is 1. The molecule has 1 unspecified atom stereocenters. The molecule has 1 fully saturated rings. The maximum atomic E-state index is 12.0. The first kappa shape index (κ1) is 11.8. The fourth-order valence-corrected chi connectivity index (χ4v) is 2.79. The van der Waals surface area contributed by atoms with Crippen LogP contribution in [0.1, 0.15) is 53.4 Å². The third kappa shape index (κ3) is 1.78. The summed E-state index contributed by atoms with van der Waals surface area (Å²) >= 11 is 0. The summed E-state index contributed by atoms with van der Waals surface area (Å²) in [6.07, 6.45) is 1.80. The smallest absolute Gasteiger partial charge is 0.217 e. The van der Waals surface area contributed by atoms with Crippen molar-refractivity contribution in [1.29, 1.82) is 0 Å². The Balaban J connectivity index is 1.72. The van der Waals surface area contributed by atoms with Crippen LogP contribution < -0.4 is 0 Å². The molecule has 1 saturated carbocycles. The number of rotatable bonds is 3. The van der Waals surface area contributed by atoms with Crippen molar-refractivity contribution in [2.45, 2.75) is 31.4 Å². The summed E-state index contributed by atoms with van der Waals surface area (Å²) in [5, 5.41) is 14.5. The minimum atomic E-state index is -0.645. The van der Waals surface area contributed by atoms with E-state index in [1.54, 1.807) is 4.68 Å². The number of hydrogen-bond acceptors (Lipinski definition) is 4. The van der Waals surface area contributed by atoms with Crippen LogP contribution in [0.3, 0.4) is 0 Å². The maximum Gasteiger partial charge on any atom is 0.217 e. The number of benzene rings is 1. The molecule has 5 nitrogen and oxygen atoms in total. The predicted molar refractivity (Wildman–Crippen MR) is 71.2 cm³/mol. The minimum Gasteiger partial charge on any atom is -0.385 e. The molecule has 4 rings (SSSR count). The van der Waals surface area contributed by atoms with Gasteiger partial charge in [-0.2, -0.15) is 0 Å². The van der Waals surface area contributed by atoms with Crippen molar-refractivity contribution in [1.82, 2.24) is 14.8 Å². The average molecular weight is 269 g/mol. The van der Waals surface area contributed by atoms with Gasteiger partial charge in [0.2, 0.25) is 11.6 Å². The van der Waals surface area contributed by atoms with E-state index in [-0.39, 0.29) is 23.6 Å². The lowest BCUT2D eigenvalue weighted by Crippen LogP contribution is -2.10. The molecule has 0 bridgehead atoms. The molecule has 20 heavy (non-hydrogen) atoms. The number of hydrogen-bond donors (Lipinski definition) is 1. The van der Waals surface area contributed by atoms with Gasteiger partial charge in [-0.25, -0.2) is 9.67 Å². The number of fused-ring (bicyclic) bond motifs is 1. The first-order valence-corrected chi connectivity index (χ1v) is 6.97. The number of Topliss-reactive ketones (excluding diaryl/α,β-unsaturated/α-hetero) is 1. The summed E-state index contributed by atoms with van der Waals surface area (Å²) in [5.41, 5.74) is 1.08. The Morgan fingerprint density at radius 1 is 1.25 bits per heavy atom. The van der Waals surface area contributed by atoms with Crippen molar-refractivity contribution in [3.05, 3.63) is 47.5 Å². The summed E-state index contributed by atoms with van der Waals surface area (Å²) in [7, 11) is 0. The SMILES string of the molecule is O=C(c1nc2n(n1)C(c1ccccc1)C[C@@H]2O)C1CC1. The predicted octanol–water partition coefficient (Wildman–Crippen LogP) is 1.90. The number of carbonyl (C=O) groups is 1. The van der Waals surface area contributed by atoms with Crippen LogP contribution >= 0.6 is 0 Å². The van der Waals surface area contributed by atoms with E-state index in [9.17, 15) is 9.90 Å². The van der Waals surface area contributed by atoms with Crippen molar-refractivity contribution < 1.29 is 9.90 Å². The molecular formula is C15H15N3O2. The van der Waals surface area contributed by atoms with Crippen molar-refractivity contribution >= 4 is 5.78 Å². The van der Waals surface area contributed by atoms with Crippen LogP contribution in [0.4, 0.5) is 0 Å². The number of carbonyl (C=O) groups excluding carboxylic acids is 1. The second-order valence-electron chi connectivity index (χ2n) is 5.55. The molecular weight excluding hydrogens is 254 g/mol. The van der Waals surface area contributed by atoms with E-state index in [2.05, 4.69) is 10.1 Å². The molecule has 1 N–H and O–H groups in total. The van der Waals surface area contributed by atoms with Gasteiger partial charge in [0.15, 0.2) is 5.82 Å². The highest BCUT2D eigenvalue weighted by atomic mass is 16.3. The molecule has 0 amide bonds. The van der Waals surface area contributed by atoms with Crippen LogP contribution in [-0.2, 0) is 0 Å². The van der Waals surface area contributed by atoms with E-state index in [0.717, 1.165) is 18.4 Å². The van der Waals surface area contributed by atoms with Gasteiger partial charge in [0, 0.05) is 12.3 Å². The van der Waals surface area contributed by atoms with Gasteiger partial charge < -0.3 is 5.11 Å². The summed E-state index contributed by atoms with van der Waals surface area (Å²) in [6.45, 7) is 0. The molecule has 1 aromatic carbocycles. The van der Waals surface area contributed by atoms with Gasteiger partial charge in [0.05, 0.1) is 6.04 Å². The van der Waals surface area contributed by atoms with Crippen molar-refractivity contribution in [2.75, 3.05) is 0 Å². The average Bonchev–Trinajstić information content (AvgIpc) is 3.15. The van der Waals surface area contributed by atoms with Crippen molar-refractivity contribution in [2.24, 2.45) is 5.92 Å². The van der Waals surface area contributed by atoms with Gasteiger partial charge in [0.25, 0.3) is 0 Å². The fraction of sp³-hybridized carbons (Fsp3) is 0.400. The zero-order chi connectivity index (χ0) is 13.7. The van der Waals surface area contributed by atoms with Crippen LogP contribution in [0.5, 0.6) is 0 Å². The number of aliphatic hydroxyl groups is 1. The molecule has 0 radical (unpaired) electrons. The molecule has 2 heterocycles. The van der Waals surface area contributed by atoms with Gasteiger partial charge in [-0.3, -0.25) is 4.79 Å². The lowest BCUT2D eigenvalue weighted by Gasteiger charge is -2.11. The molecule has 1 aromatic heterocycles. The normalized spacial score (nSPS) is 24.6. The van der Waals surface area contributed by atoms with Crippen molar-refractivity contribution in [3.63, 3.8) is 0 Å². The molecule has 2 aliphatic rings. The summed E-state index contributed by atoms with van der Waals surface area (Å²) < 4.78 is 1.72. The third-order valence-corrected chi connectivity index (χ3v) is 4.05. The van der Waals surface area contributed by atoms with Crippen LogP contribution in [0, 0.1) is 5.92 Å². The molecule has 0 spiro atoms. The molecule has 0 saturated heterocycles. The van der Waals surface area contributed by atoms with E-state index in [1.807, 2.05) is 30.3 Å². The Labute approximate surface area is 116 Å². The Morgan fingerprint density at radius 2 is 2.00 bits per heavy atom. The Kier molecular flexibility index (Phi) is 2.50. The van der Waals surface area contributed by atoms with Crippen LogP contribution in [0.15, 0.2) is 30.3 Å². The first-order chi connectivity index (χ1) is 9.74. The van der Waals surface area contributed by atoms with Gasteiger partial charge in [-0.1, -0.05) is 30.3 Å². The highest BCUT2D eigenvalue weighted by Gasteiger charge is 2.38. The van der Waals surface area contributed by atoms with Crippen LogP contribution in [0.2, 0.25) is 0 Å². The van der Waals surface area contributed by atoms with E-state index in [0.29, 0.717) is 12.2 Å². The first-order valence-electron chi connectivity index (χ1n) is 6.97. The third-order valence-electron chi connectivity index (χ3n) is 4.05. The van der Waals surface area contributed by atoms with E-state index < -0.39 is 6.10 Å². The molecule has 1 aliphatic heterocycles. The maximum absolute atomic E-state index is 12.0. The summed E-state index contributed by atoms with van der Waals surface area (Å²) in [5.74, 6) is 0.904. The van der Waals surface area contributed by atoms with Crippen LogP contribution in [0.25, 0.3) is 0 Å².